The summed E-state index contributed by atoms with van der Waals surface area (Å²) in [7, 11) is 0. The van der Waals surface area contributed by atoms with Crippen LogP contribution in [0.4, 0.5) is 0 Å². The molecular formula is C21H18. The molecule has 0 nitrogen and oxygen atoms in total. The first-order chi connectivity index (χ1) is 10.3. The molecule has 0 bridgehead atoms. The van der Waals surface area contributed by atoms with Gasteiger partial charge in [0.1, 0.15) is 0 Å². The number of benzene rings is 2. The first-order valence-corrected chi connectivity index (χ1v) is 7.53. The Hall–Kier alpha value is -2.34. The topological polar surface area (TPSA) is 0 Å². The van der Waals surface area contributed by atoms with Gasteiger partial charge >= 0.3 is 0 Å². The van der Waals surface area contributed by atoms with Gasteiger partial charge in [0.25, 0.3) is 0 Å². The lowest BCUT2D eigenvalue weighted by Gasteiger charge is -2.19. The highest BCUT2D eigenvalue weighted by molar-refractivity contribution is 5.99. The van der Waals surface area contributed by atoms with Crippen LogP contribution in [0.1, 0.15) is 12.0 Å². The molecule has 21 heavy (non-hydrogen) atoms. The van der Waals surface area contributed by atoms with Crippen LogP contribution in [0.25, 0.3) is 16.3 Å². The smallest absolute Gasteiger partial charge is 0.00867 e. The van der Waals surface area contributed by atoms with E-state index in [0.717, 1.165) is 0 Å². The maximum absolute atomic E-state index is 4.04. The zero-order chi connectivity index (χ0) is 14.4. The van der Waals surface area contributed by atoms with E-state index in [0.29, 0.717) is 11.8 Å². The summed E-state index contributed by atoms with van der Waals surface area (Å²) < 4.78 is 0. The third-order valence-corrected chi connectivity index (χ3v) is 4.73. The van der Waals surface area contributed by atoms with Crippen LogP contribution in [0.3, 0.4) is 0 Å². The highest BCUT2D eigenvalue weighted by Crippen LogP contribution is 2.53. The number of hydrogen-bond acceptors (Lipinski definition) is 0. The molecule has 1 fully saturated rings. The summed E-state index contributed by atoms with van der Waals surface area (Å²) in [5.74, 6) is 1.37. The van der Waals surface area contributed by atoms with Crippen LogP contribution in [0.15, 0.2) is 85.0 Å². The van der Waals surface area contributed by atoms with Gasteiger partial charge in [-0.2, -0.15) is 0 Å². The molecule has 0 heteroatoms. The van der Waals surface area contributed by atoms with Crippen LogP contribution < -0.4 is 0 Å². The second kappa shape index (κ2) is 4.60. The van der Waals surface area contributed by atoms with E-state index in [1.54, 1.807) is 0 Å². The zero-order valence-corrected chi connectivity index (χ0v) is 12.0. The van der Waals surface area contributed by atoms with E-state index in [-0.39, 0.29) is 0 Å². The van der Waals surface area contributed by atoms with Crippen molar-refractivity contribution in [1.29, 1.82) is 0 Å². The Kier molecular flexibility index (Phi) is 2.71. The molecule has 2 unspecified atom stereocenters. The first-order valence-electron chi connectivity index (χ1n) is 7.53. The molecule has 0 amide bonds. The Morgan fingerprint density at radius 3 is 2.57 bits per heavy atom. The minimum Gasteiger partial charge on any atom is -0.0988 e. The summed E-state index contributed by atoms with van der Waals surface area (Å²) in [4.78, 5) is 0. The lowest BCUT2D eigenvalue weighted by molar-refractivity contribution is 0.932. The van der Waals surface area contributed by atoms with Gasteiger partial charge in [0, 0.05) is 0 Å². The SMILES string of the molecule is C=CC1=C(C=C)C2CC2C=C1c1cccc2ccccc12. The van der Waals surface area contributed by atoms with Crippen LogP contribution in [-0.2, 0) is 0 Å². The number of hydrogen-bond donors (Lipinski definition) is 0. The molecule has 2 aromatic rings. The van der Waals surface area contributed by atoms with Crippen LogP contribution in [0.5, 0.6) is 0 Å². The van der Waals surface area contributed by atoms with Gasteiger partial charge in [0.15, 0.2) is 0 Å². The van der Waals surface area contributed by atoms with Gasteiger partial charge in [-0.15, -0.1) is 0 Å². The maximum Gasteiger partial charge on any atom is -0.00867 e. The van der Waals surface area contributed by atoms with Gasteiger partial charge < -0.3 is 0 Å². The van der Waals surface area contributed by atoms with Gasteiger partial charge in [-0.1, -0.05) is 73.9 Å². The van der Waals surface area contributed by atoms with Crippen molar-refractivity contribution in [3.8, 4) is 0 Å². The molecular weight excluding hydrogens is 252 g/mol. The second-order valence-corrected chi connectivity index (χ2v) is 5.89. The van der Waals surface area contributed by atoms with Crippen molar-refractivity contribution in [2.75, 3.05) is 0 Å². The fourth-order valence-corrected chi connectivity index (χ4v) is 3.60. The normalized spacial score (nSPS) is 23.5. The van der Waals surface area contributed by atoms with Crippen LogP contribution >= 0.6 is 0 Å². The van der Waals surface area contributed by atoms with Gasteiger partial charge in [-0.25, -0.2) is 0 Å². The summed E-state index contributed by atoms with van der Waals surface area (Å²) in [6.07, 6.45) is 7.72. The van der Waals surface area contributed by atoms with Crippen molar-refractivity contribution >= 4 is 16.3 Å². The third kappa shape index (κ3) is 1.83. The maximum atomic E-state index is 4.04. The van der Waals surface area contributed by atoms with Crippen molar-refractivity contribution in [2.24, 2.45) is 11.8 Å². The summed E-state index contributed by atoms with van der Waals surface area (Å²) in [6.45, 7) is 8.06. The van der Waals surface area contributed by atoms with E-state index in [1.807, 2.05) is 12.2 Å². The van der Waals surface area contributed by atoms with Crippen LogP contribution in [-0.4, -0.2) is 0 Å². The van der Waals surface area contributed by atoms with Gasteiger partial charge in [-0.05, 0) is 51.3 Å². The monoisotopic (exact) mass is 270 g/mol. The largest absolute Gasteiger partial charge is 0.0988 e. The van der Waals surface area contributed by atoms with Crippen LogP contribution in [0.2, 0.25) is 0 Å². The average molecular weight is 270 g/mol. The van der Waals surface area contributed by atoms with E-state index < -0.39 is 0 Å². The number of allylic oxidation sites excluding steroid dienone is 6. The van der Waals surface area contributed by atoms with E-state index >= 15 is 0 Å². The van der Waals surface area contributed by atoms with Crippen molar-refractivity contribution in [2.45, 2.75) is 6.42 Å². The molecule has 0 aliphatic heterocycles. The predicted molar refractivity (Wildman–Crippen MR) is 90.9 cm³/mol. The van der Waals surface area contributed by atoms with Crippen LogP contribution in [0, 0.1) is 11.8 Å². The molecule has 0 aromatic heterocycles. The molecule has 102 valence electrons. The van der Waals surface area contributed by atoms with Crippen molar-refractivity contribution in [1.82, 2.24) is 0 Å². The summed E-state index contributed by atoms with van der Waals surface area (Å²) >= 11 is 0. The fourth-order valence-electron chi connectivity index (χ4n) is 3.60. The molecule has 0 spiro atoms. The lowest BCUT2D eigenvalue weighted by Crippen LogP contribution is -2.01. The van der Waals surface area contributed by atoms with E-state index in [1.165, 1.54) is 39.5 Å². The standard InChI is InChI=1S/C21H18/c1-3-16-17(4-2)21(13-15-12-20(15)16)19-11-7-9-14-8-5-6-10-18(14)19/h3-11,13,15,20H,1-2,12H2. The Bertz CT molecular complexity index is 812. The average Bonchev–Trinajstić information content (AvgIpc) is 3.31. The Morgan fingerprint density at radius 2 is 1.76 bits per heavy atom. The Labute approximate surface area is 125 Å². The third-order valence-electron chi connectivity index (χ3n) is 4.73. The zero-order valence-electron chi connectivity index (χ0n) is 12.0. The quantitative estimate of drug-likeness (QED) is 0.686. The highest BCUT2D eigenvalue weighted by Gasteiger charge is 2.41. The molecule has 2 aromatic carbocycles. The Balaban J connectivity index is 1.98. The Morgan fingerprint density at radius 1 is 0.952 bits per heavy atom. The van der Waals surface area contributed by atoms with Crippen molar-refractivity contribution in [3.63, 3.8) is 0 Å². The van der Waals surface area contributed by atoms with Crippen molar-refractivity contribution in [3.05, 3.63) is 90.6 Å². The van der Waals surface area contributed by atoms with E-state index in [2.05, 4.69) is 61.7 Å². The molecule has 0 N–H and O–H groups in total. The number of rotatable bonds is 3. The molecule has 2 aliphatic rings. The minimum absolute atomic E-state index is 0.675. The van der Waals surface area contributed by atoms with E-state index in [9.17, 15) is 0 Å². The predicted octanol–water partition coefficient (Wildman–Crippen LogP) is 5.54. The van der Waals surface area contributed by atoms with Gasteiger partial charge in [0.05, 0.1) is 0 Å². The number of fused-ring (bicyclic) bond motifs is 2. The summed E-state index contributed by atoms with van der Waals surface area (Å²) in [5, 5.41) is 2.60. The first kappa shape index (κ1) is 12.4. The summed E-state index contributed by atoms with van der Waals surface area (Å²) in [6, 6.07) is 15.1. The van der Waals surface area contributed by atoms with E-state index in [4.69, 9.17) is 0 Å². The molecule has 0 radical (unpaired) electrons. The molecule has 1 saturated carbocycles. The molecule has 0 heterocycles. The van der Waals surface area contributed by atoms with Gasteiger partial charge in [-0.3, -0.25) is 0 Å². The lowest BCUT2D eigenvalue weighted by atomic mass is 9.85. The fraction of sp³-hybridized carbons (Fsp3) is 0.143. The summed E-state index contributed by atoms with van der Waals surface area (Å²) in [5.41, 5.74) is 5.28. The molecule has 4 rings (SSSR count). The molecule has 0 saturated heterocycles. The minimum atomic E-state index is 0.675. The molecule has 2 atom stereocenters. The van der Waals surface area contributed by atoms with Crippen molar-refractivity contribution < 1.29 is 0 Å². The molecule has 2 aliphatic carbocycles. The highest BCUT2D eigenvalue weighted by atomic mass is 14.5. The second-order valence-electron chi connectivity index (χ2n) is 5.89. The van der Waals surface area contributed by atoms with Gasteiger partial charge in [0.2, 0.25) is 0 Å².